The zero-order chi connectivity index (χ0) is 18.7. The summed E-state index contributed by atoms with van der Waals surface area (Å²) in [6.07, 6.45) is 0.367. The second-order valence-electron chi connectivity index (χ2n) is 6.16. The lowest BCUT2D eigenvalue weighted by atomic mass is 10.1. The molecule has 8 heteroatoms. The predicted molar refractivity (Wildman–Crippen MR) is 89.6 cm³/mol. The first kappa shape index (κ1) is 17.9. The van der Waals surface area contributed by atoms with E-state index in [1.807, 2.05) is 25.1 Å². The molecule has 0 N–H and O–H groups in total. The second kappa shape index (κ2) is 7.55. The Kier molecular flexibility index (Phi) is 5.20. The highest BCUT2D eigenvalue weighted by atomic mass is 16.7. The molecule has 0 saturated carbocycles. The summed E-state index contributed by atoms with van der Waals surface area (Å²) in [6.45, 7) is 3.83. The van der Waals surface area contributed by atoms with Crippen LogP contribution >= 0.6 is 0 Å². The number of carbonyl (C=O) groups is 2. The van der Waals surface area contributed by atoms with Gasteiger partial charge in [-0.1, -0.05) is 6.07 Å². The SMILES string of the molecule is CC(OC(=O)C1=COC1)OC(=O)N(C)C(C)Cc1ccc2c(c1)OCO2. The molecule has 0 aromatic heterocycles. The minimum Gasteiger partial charge on any atom is -0.495 e. The Morgan fingerprint density at radius 1 is 1.19 bits per heavy atom. The predicted octanol–water partition coefficient (Wildman–Crippen LogP) is 2.22. The molecular formula is C18H21NO7. The minimum atomic E-state index is -0.989. The number of hydrogen-bond donors (Lipinski definition) is 0. The van der Waals surface area contributed by atoms with Gasteiger partial charge in [-0.2, -0.15) is 0 Å². The summed E-state index contributed by atoms with van der Waals surface area (Å²) in [6, 6.07) is 5.55. The first-order chi connectivity index (χ1) is 12.4. The Balaban J connectivity index is 1.49. The average molecular weight is 363 g/mol. The first-order valence-electron chi connectivity index (χ1n) is 8.27. The summed E-state index contributed by atoms with van der Waals surface area (Å²) in [7, 11) is 1.64. The molecule has 0 saturated heterocycles. The van der Waals surface area contributed by atoms with Gasteiger partial charge < -0.3 is 28.6 Å². The van der Waals surface area contributed by atoms with Crippen molar-refractivity contribution in [2.75, 3.05) is 20.4 Å². The van der Waals surface area contributed by atoms with Crippen molar-refractivity contribution < 1.29 is 33.3 Å². The van der Waals surface area contributed by atoms with Crippen LogP contribution in [-0.2, 0) is 25.4 Å². The highest BCUT2D eigenvalue weighted by Crippen LogP contribution is 2.33. The van der Waals surface area contributed by atoms with Crippen molar-refractivity contribution in [1.29, 1.82) is 0 Å². The maximum absolute atomic E-state index is 12.2. The summed E-state index contributed by atoms with van der Waals surface area (Å²) in [5, 5.41) is 0. The molecule has 1 aromatic carbocycles. The third-order valence-corrected chi connectivity index (χ3v) is 4.18. The van der Waals surface area contributed by atoms with E-state index in [2.05, 4.69) is 0 Å². The largest absolute Gasteiger partial charge is 0.495 e. The maximum Gasteiger partial charge on any atom is 0.412 e. The van der Waals surface area contributed by atoms with Crippen molar-refractivity contribution >= 4 is 12.1 Å². The van der Waals surface area contributed by atoms with Crippen molar-refractivity contribution in [3.8, 4) is 11.5 Å². The first-order valence-corrected chi connectivity index (χ1v) is 8.27. The zero-order valence-electron chi connectivity index (χ0n) is 14.9. The van der Waals surface area contributed by atoms with Crippen LogP contribution in [0.1, 0.15) is 19.4 Å². The van der Waals surface area contributed by atoms with Crippen molar-refractivity contribution in [3.63, 3.8) is 0 Å². The molecule has 2 heterocycles. The number of benzene rings is 1. The normalized spacial score (nSPS) is 16.5. The van der Waals surface area contributed by atoms with Gasteiger partial charge in [-0.25, -0.2) is 9.59 Å². The van der Waals surface area contributed by atoms with Gasteiger partial charge in [-0.15, -0.1) is 0 Å². The van der Waals surface area contributed by atoms with Crippen molar-refractivity contribution in [1.82, 2.24) is 4.90 Å². The van der Waals surface area contributed by atoms with Crippen molar-refractivity contribution in [3.05, 3.63) is 35.6 Å². The van der Waals surface area contributed by atoms with Crippen LogP contribution in [0.3, 0.4) is 0 Å². The Bertz CT molecular complexity index is 730. The zero-order valence-corrected chi connectivity index (χ0v) is 14.9. The van der Waals surface area contributed by atoms with Crippen LogP contribution in [0, 0.1) is 0 Å². The number of hydrogen-bond acceptors (Lipinski definition) is 7. The number of carbonyl (C=O) groups excluding carboxylic acids is 2. The highest BCUT2D eigenvalue weighted by Gasteiger charge is 2.25. The molecule has 0 fully saturated rings. The second-order valence-corrected chi connectivity index (χ2v) is 6.16. The third-order valence-electron chi connectivity index (χ3n) is 4.18. The number of rotatable bonds is 6. The van der Waals surface area contributed by atoms with E-state index in [1.165, 1.54) is 18.1 Å². The molecule has 26 heavy (non-hydrogen) atoms. The molecule has 0 spiro atoms. The van der Waals surface area contributed by atoms with Crippen LogP contribution < -0.4 is 9.47 Å². The average Bonchev–Trinajstić information content (AvgIpc) is 2.99. The molecule has 2 unspecified atom stereocenters. The van der Waals surface area contributed by atoms with Gasteiger partial charge in [0.25, 0.3) is 0 Å². The summed E-state index contributed by atoms with van der Waals surface area (Å²) in [5.41, 5.74) is 1.43. The van der Waals surface area contributed by atoms with Crippen LogP contribution in [0.5, 0.6) is 11.5 Å². The Hall–Kier alpha value is -2.90. The van der Waals surface area contributed by atoms with Crippen molar-refractivity contribution in [2.45, 2.75) is 32.6 Å². The van der Waals surface area contributed by atoms with E-state index in [-0.39, 0.29) is 19.4 Å². The van der Waals surface area contributed by atoms with Crippen LogP contribution in [0.25, 0.3) is 0 Å². The van der Waals surface area contributed by atoms with Gasteiger partial charge in [0.15, 0.2) is 11.5 Å². The van der Waals surface area contributed by atoms with Crippen LogP contribution in [0.2, 0.25) is 0 Å². The van der Waals surface area contributed by atoms with Gasteiger partial charge in [0.2, 0.25) is 13.1 Å². The van der Waals surface area contributed by atoms with Crippen molar-refractivity contribution in [2.24, 2.45) is 0 Å². The quantitative estimate of drug-likeness (QED) is 0.566. The lowest BCUT2D eigenvalue weighted by Gasteiger charge is -2.26. The smallest absolute Gasteiger partial charge is 0.412 e. The fourth-order valence-corrected chi connectivity index (χ4v) is 2.48. The van der Waals surface area contributed by atoms with Crippen LogP contribution in [0.4, 0.5) is 4.79 Å². The number of nitrogens with zero attached hydrogens (tertiary/aromatic N) is 1. The van der Waals surface area contributed by atoms with E-state index >= 15 is 0 Å². The summed E-state index contributed by atoms with van der Waals surface area (Å²) < 4.78 is 25.6. The third kappa shape index (κ3) is 4.01. The monoisotopic (exact) mass is 363 g/mol. The molecule has 140 valence electrons. The minimum absolute atomic E-state index is 0.131. The van der Waals surface area contributed by atoms with Crippen LogP contribution in [-0.4, -0.2) is 49.7 Å². The Morgan fingerprint density at radius 2 is 1.92 bits per heavy atom. The highest BCUT2D eigenvalue weighted by molar-refractivity contribution is 5.89. The molecule has 2 atom stereocenters. The van der Waals surface area contributed by atoms with E-state index in [1.54, 1.807) is 7.05 Å². The molecule has 2 aliphatic rings. The van der Waals surface area contributed by atoms with E-state index in [9.17, 15) is 9.59 Å². The lowest BCUT2D eigenvalue weighted by Crippen LogP contribution is -2.39. The molecular weight excluding hydrogens is 342 g/mol. The lowest BCUT2D eigenvalue weighted by molar-refractivity contribution is -0.162. The van der Waals surface area contributed by atoms with Gasteiger partial charge in [0.1, 0.15) is 12.2 Å². The Morgan fingerprint density at radius 3 is 2.62 bits per heavy atom. The van der Waals surface area contributed by atoms with Gasteiger partial charge in [0.05, 0.1) is 6.26 Å². The number of amides is 1. The van der Waals surface area contributed by atoms with E-state index in [0.29, 0.717) is 17.7 Å². The molecule has 0 aliphatic carbocycles. The number of fused-ring (bicyclic) bond motifs is 1. The fraction of sp³-hybridized carbons (Fsp3) is 0.444. The van der Waals surface area contributed by atoms with E-state index in [0.717, 1.165) is 11.3 Å². The summed E-state index contributed by atoms with van der Waals surface area (Å²) in [4.78, 5) is 25.4. The van der Waals surface area contributed by atoms with Gasteiger partial charge in [-0.3, -0.25) is 0 Å². The molecule has 0 bridgehead atoms. The summed E-state index contributed by atoms with van der Waals surface area (Å²) >= 11 is 0. The van der Waals surface area contributed by atoms with E-state index in [4.69, 9.17) is 23.7 Å². The number of esters is 1. The van der Waals surface area contributed by atoms with Gasteiger partial charge in [0, 0.05) is 20.0 Å². The number of likely N-dealkylation sites (N-methyl/N-ethyl adjacent to an activating group) is 1. The molecule has 3 rings (SSSR count). The van der Waals surface area contributed by atoms with Crippen LogP contribution in [0.15, 0.2) is 30.0 Å². The molecule has 1 amide bonds. The molecule has 8 nitrogen and oxygen atoms in total. The fourth-order valence-electron chi connectivity index (χ4n) is 2.48. The van der Waals surface area contributed by atoms with E-state index < -0.39 is 18.4 Å². The Labute approximate surface area is 151 Å². The standard InChI is InChI=1S/C18H21NO7/c1-11(6-13-4-5-15-16(7-13)24-10-23-15)19(3)18(21)26-12(2)25-17(20)14-8-22-9-14/h4-5,7-8,11-12H,6,9-10H2,1-3H3. The topological polar surface area (TPSA) is 83.5 Å². The molecule has 1 aromatic rings. The van der Waals surface area contributed by atoms with Gasteiger partial charge in [-0.05, 0) is 31.0 Å². The molecule has 0 radical (unpaired) electrons. The number of ether oxygens (including phenoxy) is 5. The van der Waals surface area contributed by atoms with Gasteiger partial charge >= 0.3 is 12.1 Å². The summed E-state index contributed by atoms with van der Waals surface area (Å²) in [5.74, 6) is 0.874. The molecule has 2 aliphatic heterocycles. The maximum atomic E-state index is 12.2.